The number of nitrogens with zero attached hydrogens (tertiary/aromatic N) is 2. The summed E-state index contributed by atoms with van der Waals surface area (Å²) >= 11 is 0. The second-order valence-electron chi connectivity index (χ2n) is 10.8. The van der Waals surface area contributed by atoms with Gasteiger partial charge >= 0.3 is 0 Å². The number of hydrogen-bond donors (Lipinski definition) is 1. The topological polar surface area (TPSA) is 71.1 Å². The van der Waals surface area contributed by atoms with Crippen molar-refractivity contribution in [2.45, 2.75) is 58.4 Å². The van der Waals surface area contributed by atoms with Crippen molar-refractivity contribution in [2.75, 3.05) is 45.9 Å². The molecule has 0 aliphatic carbocycles. The highest BCUT2D eigenvalue weighted by molar-refractivity contribution is 6.01. The Bertz CT molecular complexity index is 1160. The molecular formula is C31H41N3O4. The van der Waals surface area contributed by atoms with Crippen molar-refractivity contribution >= 4 is 11.8 Å². The van der Waals surface area contributed by atoms with E-state index in [9.17, 15) is 9.59 Å². The summed E-state index contributed by atoms with van der Waals surface area (Å²) in [6.45, 7) is 11.8. The van der Waals surface area contributed by atoms with Gasteiger partial charge in [-0.1, -0.05) is 25.1 Å². The summed E-state index contributed by atoms with van der Waals surface area (Å²) in [5.41, 5.74) is 3.53. The molecule has 3 aliphatic heterocycles. The van der Waals surface area contributed by atoms with Gasteiger partial charge in [0.15, 0.2) is 11.5 Å². The molecule has 2 unspecified atom stereocenters. The van der Waals surface area contributed by atoms with E-state index in [0.717, 1.165) is 60.8 Å². The summed E-state index contributed by atoms with van der Waals surface area (Å²) in [6, 6.07) is 11.3. The second-order valence-corrected chi connectivity index (χ2v) is 10.8. The average molecular weight is 520 g/mol. The predicted octanol–water partition coefficient (Wildman–Crippen LogP) is 4.56. The number of carbonyl (C=O) groups excluding carboxylic acids is 2. The number of piperidine rings is 1. The molecular weight excluding hydrogens is 478 g/mol. The number of nitrogens with one attached hydrogen (secondary N) is 1. The Morgan fingerprint density at radius 3 is 2.45 bits per heavy atom. The molecule has 2 aromatic carbocycles. The van der Waals surface area contributed by atoms with Gasteiger partial charge in [0.2, 0.25) is 5.91 Å². The number of benzene rings is 2. The van der Waals surface area contributed by atoms with Gasteiger partial charge in [0, 0.05) is 18.7 Å². The normalized spacial score (nSPS) is 21.3. The molecule has 3 heterocycles. The van der Waals surface area contributed by atoms with E-state index >= 15 is 0 Å². The summed E-state index contributed by atoms with van der Waals surface area (Å²) < 4.78 is 11.8. The van der Waals surface area contributed by atoms with E-state index < -0.39 is 5.92 Å². The van der Waals surface area contributed by atoms with Crippen LogP contribution in [0.5, 0.6) is 11.5 Å². The summed E-state index contributed by atoms with van der Waals surface area (Å²) in [7, 11) is 0. The van der Waals surface area contributed by atoms with Crippen molar-refractivity contribution in [2.24, 2.45) is 5.92 Å². The van der Waals surface area contributed by atoms with Crippen LogP contribution in [-0.4, -0.2) is 67.6 Å². The smallest absolute Gasteiger partial charge is 0.254 e. The SMILES string of the molecule is CCOc1cc2c(cc1OCC)C1C(C(=O)NCCCN3CCC(C)CC3)c3ccccc3C(=O)N1CC2. The highest BCUT2D eigenvalue weighted by Crippen LogP contribution is 2.48. The summed E-state index contributed by atoms with van der Waals surface area (Å²) in [6.07, 6.45) is 4.15. The first-order valence-corrected chi connectivity index (χ1v) is 14.3. The lowest BCUT2D eigenvalue weighted by molar-refractivity contribution is -0.124. The molecule has 0 spiro atoms. The lowest BCUT2D eigenvalue weighted by atomic mass is 9.75. The third kappa shape index (κ3) is 5.26. The highest BCUT2D eigenvalue weighted by Gasteiger charge is 2.46. The fourth-order valence-corrected chi connectivity index (χ4v) is 6.26. The quantitative estimate of drug-likeness (QED) is 0.492. The van der Waals surface area contributed by atoms with Gasteiger partial charge in [-0.2, -0.15) is 0 Å². The maximum atomic E-state index is 13.9. The van der Waals surface area contributed by atoms with Crippen molar-refractivity contribution in [3.63, 3.8) is 0 Å². The highest BCUT2D eigenvalue weighted by atomic mass is 16.5. The van der Waals surface area contributed by atoms with E-state index in [4.69, 9.17) is 9.47 Å². The van der Waals surface area contributed by atoms with Gasteiger partial charge in [-0.15, -0.1) is 0 Å². The zero-order chi connectivity index (χ0) is 26.6. The standard InChI is InChI=1S/C31H41N3O4/c1-4-37-26-19-22-13-18-34-29(25(22)20-27(26)38-5-2)28(23-9-6-7-10-24(23)31(34)36)30(35)32-14-8-15-33-16-11-21(3)12-17-33/h6-7,9-10,19-21,28-29H,4-5,8,11-18H2,1-3H3,(H,32,35). The van der Waals surface area contributed by atoms with E-state index in [1.165, 1.54) is 12.8 Å². The Morgan fingerprint density at radius 2 is 1.71 bits per heavy atom. The van der Waals surface area contributed by atoms with Gasteiger partial charge in [-0.3, -0.25) is 9.59 Å². The van der Waals surface area contributed by atoms with Gasteiger partial charge < -0.3 is 24.6 Å². The maximum Gasteiger partial charge on any atom is 0.254 e. The van der Waals surface area contributed by atoms with Crippen molar-refractivity contribution in [3.05, 3.63) is 58.7 Å². The Kier molecular flexibility index (Phi) is 8.22. The molecule has 1 N–H and O–H groups in total. The molecule has 1 fully saturated rings. The molecule has 0 saturated carbocycles. The predicted molar refractivity (Wildman–Crippen MR) is 148 cm³/mol. The third-order valence-electron chi connectivity index (χ3n) is 8.29. The molecule has 7 nitrogen and oxygen atoms in total. The zero-order valence-electron chi connectivity index (χ0n) is 23.0. The van der Waals surface area contributed by atoms with Crippen LogP contribution >= 0.6 is 0 Å². The van der Waals surface area contributed by atoms with Crippen molar-refractivity contribution in [1.29, 1.82) is 0 Å². The molecule has 3 aliphatic rings. The molecule has 38 heavy (non-hydrogen) atoms. The Balaban J connectivity index is 1.42. The Hall–Kier alpha value is -3.06. The summed E-state index contributed by atoms with van der Waals surface area (Å²) in [5, 5.41) is 3.23. The molecule has 2 atom stereocenters. The van der Waals surface area contributed by atoms with Crippen LogP contribution in [0, 0.1) is 5.92 Å². The molecule has 204 valence electrons. The lowest BCUT2D eigenvalue weighted by Crippen LogP contribution is -2.50. The van der Waals surface area contributed by atoms with Crippen LogP contribution in [0.4, 0.5) is 0 Å². The van der Waals surface area contributed by atoms with Crippen LogP contribution in [0.3, 0.4) is 0 Å². The number of ether oxygens (including phenoxy) is 2. The fraction of sp³-hybridized carbons (Fsp3) is 0.548. The zero-order valence-corrected chi connectivity index (χ0v) is 23.0. The number of likely N-dealkylation sites (tertiary alicyclic amines) is 1. The number of carbonyl (C=O) groups is 2. The first-order chi connectivity index (χ1) is 18.5. The first kappa shape index (κ1) is 26.5. The largest absolute Gasteiger partial charge is 0.490 e. The third-order valence-corrected chi connectivity index (χ3v) is 8.29. The molecule has 0 bridgehead atoms. The van der Waals surface area contributed by atoms with Gasteiger partial charge in [-0.05, 0) is 100.0 Å². The first-order valence-electron chi connectivity index (χ1n) is 14.3. The Labute approximate surface area is 226 Å². The van der Waals surface area contributed by atoms with E-state index in [0.29, 0.717) is 37.6 Å². The number of hydrogen-bond acceptors (Lipinski definition) is 5. The minimum atomic E-state index is -0.480. The molecule has 0 radical (unpaired) electrons. The van der Waals surface area contributed by atoms with Crippen LogP contribution in [0.15, 0.2) is 36.4 Å². The summed E-state index contributed by atoms with van der Waals surface area (Å²) in [5.74, 6) is 1.69. The fourth-order valence-electron chi connectivity index (χ4n) is 6.26. The minimum absolute atomic E-state index is 0.00790. The lowest BCUT2D eigenvalue weighted by Gasteiger charge is -2.45. The van der Waals surface area contributed by atoms with Crippen LogP contribution < -0.4 is 14.8 Å². The van der Waals surface area contributed by atoms with Crippen molar-refractivity contribution in [1.82, 2.24) is 15.1 Å². The molecule has 1 saturated heterocycles. The number of amides is 2. The Morgan fingerprint density at radius 1 is 1.00 bits per heavy atom. The van der Waals surface area contributed by atoms with Gasteiger partial charge in [-0.25, -0.2) is 0 Å². The average Bonchev–Trinajstić information content (AvgIpc) is 2.93. The van der Waals surface area contributed by atoms with E-state index in [1.54, 1.807) is 0 Å². The molecule has 0 aromatic heterocycles. The van der Waals surface area contributed by atoms with Crippen LogP contribution in [0.1, 0.15) is 79.0 Å². The van der Waals surface area contributed by atoms with Crippen LogP contribution in [-0.2, 0) is 11.2 Å². The molecule has 7 heteroatoms. The maximum absolute atomic E-state index is 13.9. The van der Waals surface area contributed by atoms with E-state index in [-0.39, 0.29) is 17.9 Å². The summed E-state index contributed by atoms with van der Waals surface area (Å²) in [4.78, 5) is 31.9. The van der Waals surface area contributed by atoms with Gasteiger partial charge in [0.05, 0.1) is 25.2 Å². The minimum Gasteiger partial charge on any atom is -0.490 e. The molecule has 5 rings (SSSR count). The van der Waals surface area contributed by atoms with Crippen molar-refractivity contribution < 1.29 is 19.1 Å². The van der Waals surface area contributed by atoms with E-state index in [2.05, 4.69) is 17.1 Å². The van der Waals surface area contributed by atoms with Crippen LogP contribution in [0.2, 0.25) is 0 Å². The van der Waals surface area contributed by atoms with Gasteiger partial charge in [0.25, 0.3) is 5.91 Å². The molecule has 2 amide bonds. The molecule has 2 aromatic rings. The van der Waals surface area contributed by atoms with Crippen molar-refractivity contribution in [3.8, 4) is 11.5 Å². The van der Waals surface area contributed by atoms with Gasteiger partial charge in [0.1, 0.15) is 0 Å². The monoisotopic (exact) mass is 519 g/mol. The number of fused-ring (bicyclic) bond motifs is 4. The number of rotatable bonds is 9. The van der Waals surface area contributed by atoms with Crippen LogP contribution in [0.25, 0.3) is 0 Å². The second kappa shape index (κ2) is 11.8. The van der Waals surface area contributed by atoms with E-state index in [1.807, 2.05) is 55.1 Å².